The highest BCUT2D eigenvalue weighted by Crippen LogP contribution is 2.19. The Morgan fingerprint density at radius 2 is 2.06 bits per heavy atom. The number of hydrogen-bond acceptors (Lipinski definition) is 3. The van der Waals surface area contributed by atoms with Crippen molar-refractivity contribution in [3.05, 3.63) is 51.0 Å². The second-order valence-electron chi connectivity index (χ2n) is 4.31. The average Bonchev–Trinajstić information content (AvgIpc) is 2.67. The average molecular weight is 246 g/mol. The lowest BCUT2D eigenvalue weighted by molar-refractivity contribution is 0.932. The van der Waals surface area contributed by atoms with Gasteiger partial charge in [-0.05, 0) is 25.8 Å². The second-order valence-corrected chi connectivity index (χ2v) is 5.48. The molecule has 0 saturated carbocycles. The van der Waals surface area contributed by atoms with Crippen LogP contribution < -0.4 is 5.73 Å². The first-order chi connectivity index (χ1) is 8.19. The fraction of sp³-hybridized carbons (Fsp3) is 0.357. The number of nitrogens with two attached hydrogens (primary N) is 1. The second kappa shape index (κ2) is 5.43. The number of aromatic nitrogens is 1. The zero-order valence-electron chi connectivity index (χ0n) is 10.4. The largest absolute Gasteiger partial charge is 0.326 e. The summed E-state index contributed by atoms with van der Waals surface area (Å²) >= 11 is 1.75. The molecule has 2 N–H and O–H groups in total. The van der Waals surface area contributed by atoms with Crippen LogP contribution in [0.4, 0.5) is 0 Å². The van der Waals surface area contributed by atoms with E-state index in [1.165, 1.54) is 21.0 Å². The minimum Gasteiger partial charge on any atom is -0.326 e. The molecule has 0 atom stereocenters. The summed E-state index contributed by atoms with van der Waals surface area (Å²) in [7, 11) is 0. The predicted octanol–water partition coefficient (Wildman–Crippen LogP) is 3.00. The third-order valence-electron chi connectivity index (χ3n) is 2.83. The first-order valence-electron chi connectivity index (χ1n) is 5.90. The summed E-state index contributed by atoms with van der Waals surface area (Å²) in [6.45, 7) is 4.77. The summed E-state index contributed by atoms with van der Waals surface area (Å²) in [6, 6.07) is 8.66. The number of aryl methyl sites for hydroxylation is 4. The molecule has 0 aliphatic carbocycles. The van der Waals surface area contributed by atoms with Gasteiger partial charge in [0.1, 0.15) is 0 Å². The summed E-state index contributed by atoms with van der Waals surface area (Å²) in [5.74, 6) is 0. The van der Waals surface area contributed by atoms with Crippen molar-refractivity contribution in [1.29, 1.82) is 0 Å². The molecule has 2 nitrogen and oxygen atoms in total. The monoisotopic (exact) mass is 246 g/mol. The Labute approximate surface area is 107 Å². The van der Waals surface area contributed by atoms with Crippen molar-refractivity contribution >= 4 is 11.3 Å². The molecule has 0 aliphatic heterocycles. The number of nitrogens with zero attached hydrogens (tertiary/aromatic N) is 1. The van der Waals surface area contributed by atoms with Crippen LogP contribution in [0.25, 0.3) is 0 Å². The zero-order valence-corrected chi connectivity index (χ0v) is 11.2. The van der Waals surface area contributed by atoms with E-state index in [0.717, 1.165) is 18.5 Å². The zero-order chi connectivity index (χ0) is 12.3. The van der Waals surface area contributed by atoms with E-state index >= 15 is 0 Å². The van der Waals surface area contributed by atoms with Gasteiger partial charge in [-0.15, -0.1) is 11.3 Å². The lowest BCUT2D eigenvalue weighted by Gasteiger charge is -2.00. The molecule has 0 radical (unpaired) electrons. The molecule has 2 rings (SSSR count). The van der Waals surface area contributed by atoms with Gasteiger partial charge in [-0.1, -0.05) is 29.8 Å². The van der Waals surface area contributed by atoms with Crippen LogP contribution in [0.3, 0.4) is 0 Å². The highest BCUT2D eigenvalue weighted by molar-refractivity contribution is 7.11. The Hall–Kier alpha value is -1.19. The standard InChI is InChI=1S/C14H18N2S/c1-10-4-3-5-12(8-10)6-7-14-16-11(2)13(9-15)17-14/h3-5,8H,6-7,9,15H2,1-2H3. The molecule has 2 aromatic rings. The van der Waals surface area contributed by atoms with Gasteiger partial charge in [0.25, 0.3) is 0 Å². The molecule has 1 heterocycles. The van der Waals surface area contributed by atoms with Crippen molar-refractivity contribution in [2.24, 2.45) is 5.73 Å². The van der Waals surface area contributed by atoms with E-state index in [1.54, 1.807) is 11.3 Å². The minimum absolute atomic E-state index is 0.605. The maximum Gasteiger partial charge on any atom is 0.0934 e. The van der Waals surface area contributed by atoms with Crippen LogP contribution >= 0.6 is 11.3 Å². The lowest BCUT2D eigenvalue weighted by Crippen LogP contribution is -1.94. The maximum absolute atomic E-state index is 5.66. The third kappa shape index (κ3) is 3.14. The van der Waals surface area contributed by atoms with E-state index in [9.17, 15) is 0 Å². The van der Waals surface area contributed by atoms with Crippen molar-refractivity contribution in [2.45, 2.75) is 33.2 Å². The minimum atomic E-state index is 0.605. The summed E-state index contributed by atoms with van der Waals surface area (Å²) in [5, 5.41) is 1.20. The molecule has 0 saturated heterocycles. The molecule has 90 valence electrons. The van der Waals surface area contributed by atoms with Crippen LogP contribution in [0.1, 0.15) is 26.7 Å². The summed E-state index contributed by atoms with van der Waals surface area (Å²) in [6.07, 6.45) is 2.06. The summed E-state index contributed by atoms with van der Waals surface area (Å²) in [5.41, 5.74) is 9.46. The Morgan fingerprint density at radius 3 is 2.71 bits per heavy atom. The summed E-state index contributed by atoms with van der Waals surface area (Å²) < 4.78 is 0. The SMILES string of the molecule is Cc1cccc(CCc2nc(C)c(CN)s2)c1. The van der Waals surface area contributed by atoms with E-state index in [0.29, 0.717) is 6.54 Å². The number of hydrogen-bond donors (Lipinski definition) is 1. The van der Waals surface area contributed by atoms with Gasteiger partial charge in [-0.25, -0.2) is 4.98 Å². The maximum atomic E-state index is 5.66. The molecule has 1 aromatic carbocycles. The van der Waals surface area contributed by atoms with Gasteiger partial charge >= 0.3 is 0 Å². The molecular weight excluding hydrogens is 228 g/mol. The molecule has 0 aliphatic rings. The van der Waals surface area contributed by atoms with Crippen LogP contribution in [-0.4, -0.2) is 4.98 Å². The Morgan fingerprint density at radius 1 is 1.24 bits per heavy atom. The van der Waals surface area contributed by atoms with Gasteiger partial charge in [0.15, 0.2) is 0 Å². The Kier molecular flexibility index (Phi) is 3.92. The fourth-order valence-electron chi connectivity index (χ4n) is 1.90. The third-order valence-corrected chi connectivity index (χ3v) is 4.07. The van der Waals surface area contributed by atoms with Gasteiger partial charge in [-0.3, -0.25) is 0 Å². The highest BCUT2D eigenvalue weighted by Gasteiger charge is 2.06. The Balaban J connectivity index is 2.02. The highest BCUT2D eigenvalue weighted by atomic mass is 32.1. The van der Waals surface area contributed by atoms with Crippen molar-refractivity contribution in [1.82, 2.24) is 4.98 Å². The lowest BCUT2D eigenvalue weighted by atomic mass is 10.1. The van der Waals surface area contributed by atoms with E-state index < -0.39 is 0 Å². The molecule has 0 fully saturated rings. The smallest absolute Gasteiger partial charge is 0.0934 e. The fourth-order valence-corrected chi connectivity index (χ4v) is 2.85. The Bertz CT molecular complexity index is 503. The van der Waals surface area contributed by atoms with Crippen LogP contribution in [0.5, 0.6) is 0 Å². The molecule has 0 unspecified atom stereocenters. The molecule has 0 bridgehead atoms. The van der Waals surface area contributed by atoms with Gasteiger partial charge < -0.3 is 5.73 Å². The van der Waals surface area contributed by atoms with E-state index in [4.69, 9.17) is 5.73 Å². The van der Waals surface area contributed by atoms with Crippen LogP contribution in [0, 0.1) is 13.8 Å². The molecule has 0 spiro atoms. The van der Waals surface area contributed by atoms with Crippen molar-refractivity contribution < 1.29 is 0 Å². The first-order valence-corrected chi connectivity index (χ1v) is 6.71. The topological polar surface area (TPSA) is 38.9 Å². The van der Waals surface area contributed by atoms with Crippen molar-refractivity contribution in [3.8, 4) is 0 Å². The first kappa shape index (κ1) is 12.3. The molecule has 1 aromatic heterocycles. The van der Waals surface area contributed by atoms with Gasteiger partial charge in [0.2, 0.25) is 0 Å². The van der Waals surface area contributed by atoms with Crippen molar-refractivity contribution in [2.75, 3.05) is 0 Å². The van der Waals surface area contributed by atoms with E-state index in [2.05, 4.69) is 36.2 Å². The molecule has 0 amide bonds. The predicted molar refractivity (Wildman–Crippen MR) is 73.3 cm³/mol. The van der Waals surface area contributed by atoms with E-state index in [1.807, 2.05) is 6.92 Å². The van der Waals surface area contributed by atoms with Crippen molar-refractivity contribution in [3.63, 3.8) is 0 Å². The van der Waals surface area contributed by atoms with Crippen LogP contribution in [-0.2, 0) is 19.4 Å². The molecule has 17 heavy (non-hydrogen) atoms. The number of rotatable bonds is 4. The van der Waals surface area contributed by atoms with Crippen LogP contribution in [0.2, 0.25) is 0 Å². The number of thiazole rings is 1. The van der Waals surface area contributed by atoms with E-state index in [-0.39, 0.29) is 0 Å². The van der Waals surface area contributed by atoms with Gasteiger partial charge in [0.05, 0.1) is 10.7 Å². The van der Waals surface area contributed by atoms with Crippen LogP contribution in [0.15, 0.2) is 24.3 Å². The van der Waals surface area contributed by atoms with Gasteiger partial charge in [-0.2, -0.15) is 0 Å². The quantitative estimate of drug-likeness (QED) is 0.900. The molecular formula is C14H18N2S. The molecule has 3 heteroatoms. The normalized spacial score (nSPS) is 10.8. The number of benzene rings is 1. The summed E-state index contributed by atoms with van der Waals surface area (Å²) in [4.78, 5) is 5.77. The van der Waals surface area contributed by atoms with Gasteiger partial charge in [0, 0.05) is 17.8 Å².